The van der Waals surface area contributed by atoms with Crippen molar-refractivity contribution in [3.8, 4) is 0 Å². The minimum atomic E-state index is -0.423. The number of ether oxygens (including phenoxy) is 1. The van der Waals surface area contributed by atoms with Gasteiger partial charge in [0.25, 0.3) is 5.91 Å². The Morgan fingerprint density at radius 3 is 2.58 bits per heavy atom. The van der Waals surface area contributed by atoms with Gasteiger partial charge in [0.05, 0.1) is 19.1 Å². The molecule has 2 aliphatic heterocycles. The first kappa shape index (κ1) is 20.1. The molecule has 1 aromatic carbocycles. The van der Waals surface area contributed by atoms with Crippen molar-refractivity contribution in [3.05, 3.63) is 30.0 Å². The van der Waals surface area contributed by atoms with Crippen LogP contribution < -0.4 is 5.32 Å². The zero-order valence-corrected chi connectivity index (χ0v) is 17.5. The van der Waals surface area contributed by atoms with Gasteiger partial charge in [-0.05, 0) is 25.0 Å². The molecule has 3 heterocycles. The molecular weight excluding hydrogens is 398 g/mol. The smallest absolute Gasteiger partial charge is 0.291 e. The second kappa shape index (κ2) is 8.34. The predicted molar refractivity (Wildman–Crippen MR) is 114 cm³/mol. The summed E-state index contributed by atoms with van der Waals surface area (Å²) in [6.45, 7) is 2.37. The van der Waals surface area contributed by atoms with Crippen molar-refractivity contribution >= 4 is 34.4 Å². The first-order valence-corrected chi connectivity index (χ1v) is 11.1. The summed E-state index contributed by atoms with van der Waals surface area (Å²) in [6, 6.07) is 7.54. The zero-order chi connectivity index (χ0) is 21.4. The van der Waals surface area contributed by atoms with Gasteiger partial charge < -0.3 is 24.3 Å². The Morgan fingerprint density at radius 2 is 1.81 bits per heavy atom. The van der Waals surface area contributed by atoms with E-state index in [9.17, 15) is 14.4 Å². The number of hydrogen-bond acceptors (Lipinski definition) is 5. The third-order valence-electron chi connectivity index (χ3n) is 6.63. The Morgan fingerprint density at radius 1 is 1.06 bits per heavy atom. The SMILES string of the molecule is O=C(Nc1c(C(=O)N2CCOCC2)oc2ccccc12)C1CC(=O)N(C2CCCC2)C1. The molecule has 1 unspecified atom stereocenters. The number of para-hydroxylation sites is 1. The third-order valence-corrected chi connectivity index (χ3v) is 6.63. The Hall–Kier alpha value is -2.87. The van der Waals surface area contributed by atoms with Crippen LogP contribution in [0.1, 0.15) is 42.7 Å². The molecule has 1 saturated carbocycles. The summed E-state index contributed by atoms with van der Waals surface area (Å²) < 4.78 is 11.2. The first-order chi connectivity index (χ1) is 15.1. The van der Waals surface area contributed by atoms with Crippen LogP contribution in [0.25, 0.3) is 11.0 Å². The van der Waals surface area contributed by atoms with Crippen molar-refractivity contribution in [2.24, 2.45) is 5.92 Å². The van der Waals surface area contributed by atoms with E-state index in [4.69, 9.17) is 9.15 Å². The number of amides is 3. The van der Waals surface area contributed by atoms with Crippen molar-refractivity contribution in [2.75, 3.05) is 38.2 Å². The lowest BCUT2D eigenvalue weighted by atomic mass is 10.1. The molecule has 1 aromatic heterocycles. The van der Waals surface area contributed by atoms with Crippen molar-refractivity contribution in [1.29, 1.82) is 0 Å². The van der Waals surface area contributed by atoms with Crippen LogP contribution in [0.4, 0.5) is 5.69 Å². The fourth-order valence-electron chi connectivity index (χ4n) is 4.93. The van der Waals surface area contributed by atoms with Gasteiger partial charge in [0, 0.05) is 37.5 Å². The standard InChI is InChI=1S/C23H27N3O5/c27-19-13-15(14-26(19)16-5-1-2-6-16)22(28)24-20-17-7-3-4-8-18(17)31-21(20)23(29)25-9-11-30-12-10-25/h3-4,7-8,15-16H,1-2,5-6,9-14H2,(H,24,28). The van der Waals surface area contributed by atoms with Gasteiger partial charge in [-0.1, -0.05) is 25.0 Å². The molecule has 8 heteroatoms. The maximum atomic E-state index is 13.1. The first-order valence-electron chi connectivity index (χ1n) is 11.1. The van der Waals surface area contributed by atoms with Gasteiger partial charge in [0.15, 0.2) is 0 Å². The average molecular weight is 425 g/mol. The molecule has 3 fully saturated rings. The molecule has 3 aliphatic rings. The van der Waals surface area contributed by atoms with Crippen LogP contribution >= 0.6 is 0 Å². The molecule has 0 spiro atoms. The molecule has 1 aliphatic carbocycles. The number of carbonyl (C=O) groups excluding carboxylic acids is 3. The molecule has 3 amide bonds. The van der Waals surface area contributed by atoms with Gasteiger partial charge in [-0.15, -0.1) is 0 Å². The fraction of sp³-hybridized carbons (Fsp3) is 0.522. The van der Waals surface area contributed by atoms with E-state index in [0.29, 0.717) is 49.5 Å². The van der Waals surface area contributed by atoms with Crippen LogP contribution in [0, 0.1) is 5.92 Å². The van der Waals surface area contributed by atoms with Crippen molar-refractivity contribution < 1.29 is 23.5 Å². The van der Waals surface area contributed by atoms with Crippen LogP contribution in [0.5, 0.6) is 0 Å². The number of likely N-dealkylation sites (tertiary alicyclic amines) is 1. The molecule has 8 nitrogen and oxygen atoms in total. The Balaban J connectivity index is 1.38. The summed E-state index contributed by atoms with van der Waals surface area (Å²) in [4.78, 5) is 42.4. The minimum Gasteiger partial charge on any atom is -0.449 e. The number of furan rings is 1. The summed E-state index contributed by atoms with van der Waals surface area (Å²) in [5.74, 6) is -0.739. The van der Waals surface area contributed by atoms with E-state index in [2.05, 4.69) is 5.32 Å². The van der Waals surface area contributed by atoms with Crippen LogP contribution in [0.2, 0.25) is 0 Å². The molecular formula is C23H27N3O5. The molecule has 31 heavy (non-hydrogen) atoms. The van der Waals surface area contributed by atoms with E-state index in [-0.39, 0.29) is 35.9 Å². The minimum absolute atomic E-state index is 0.0497. The summed E-state index contributed by atoms with van der Waals surface area (Å²) in [7, 11) is 0. The topological polar surface area (TPSA) is 92.1 Å². The zero-order valence-electron chi connectivity index (χ0n) is 17.5. The molecule has 2 saturated heterocycles. The van der Waals surface area contributed by atoms with Crippen molar-refractivity contribution in [3.63, 3.8) is 0 Å². The van der Waals surface area contributed by atoms with Gasteiger partial charge in [-0.25, -0.2) is 0 Å². The van der Waals surface area contributed by atoms with Crippen LogP contribution in [-0.2, 0) is 14.3 Å². The Labute approximate surface area is 180 Å². The molecule has 0 bridgehead atoms. The molecule has 0 radical (unpaired) electrons. The number of anilines is 1. The van der Waals surface area contributed by atoms with E-state index < -0.39 is 5.92 Å². The molecule has 5 rings (SSSR count). The van der Waals surface area contributed by atoms with Gasteiger partial charge in [0.2, 0.25) is 17.6 Å². The maximum Gasteiger partial charge on any atom is 0.291 e. The highest BCUT2D eigenvalue weighted by molar-refractivity contribution is 6.11. The number of rotatable bonds is 4. The van der Waals surface area contributed by atoms with E-state index in [1.165, 1.54) is 0 Å². The van der Waals surface area contributed by atoms with Crippen LogP contribution in [-0.4, -0.2) is 66.4 Å². The van der Waals surface area contributed by atoms with Gasteiger partial charge in [-0.2, -0.15) is 0 Å². The number of nitrogens with zero attached hydrogens (tertiary/aromatic N) is 2. The highest BCUT2D eigenvalue weighted by Crippen LogP contribution is 2.34. The summed E-state index contributed by atoms with van der Waals surface area (Å²) in [5, 5.41) is 3.62. The Bertz CT molecular complexity index is 1000. The van der Waals surface area contributed by atoms with E-state index in [1.807, 2.05) is 23.1 Å². The highest BCUT2D eigenvalue weighted by atomic mass is 16.5. The van der Waals surface area contributed by atoms with Gasteiger partial charge >= 0.3 is 0 Å². The molecule has 1 N–H and O–H groups in total. The summed E-state index contributed by atoms with van der Waals surface area (Å²) in [6.07, 6.45) is 4.53. The normalized spacial score (nSPS) is 22.5. The lowest BCUT2D eigenvalue weighted by Gasteiger charge is -2.26. The average Bonchev–Trinajstić information content (AvgIpc) is 3.53. The number of benzene rings is 1. The lowest BCUT2D eigenvalue weighted by Crippen LogP contribution is -2.41. The number of fused-ring (bicyclic) bond motifs is 1. The number of morpholine rings is 1. The highest BCUT2D eigenvalue weighted by Gasteiger charge is 2.39. The second-order valence-electron chi connectivity index (χ2n) is 8.58. The largest absolute Gasteiger partial charge is 0.449 e. The monoisotopic (exact) mass is 425 g/mol. The maximum absolute atomic E-state index is 13.1. The quantitative estimate of drug-likeness (QED) is 0.813. The van der Waals surface area contributed by atoms with Gasteiger partial charge in [-0.3, -0.25) is 14.4 Å². The van der Waals surface area contributed by atoms with E-state index in [1.54, 1.807) is 11.0 Å². The summed E-state index contributed by atoms with van der Waals surface area (Å²) in [5.41, 5.74) is 0.938. The summed E-state index contributed by atoms with van der Waals surface area (Å²) >= 11 is 0. The molecule has 2 aromatic rings. The number of nitrogens with one attached hydrogen (secondary N) is 1. The fourth-order valence-corrected chi connectivity index (χ4v) is 4.93. The predicted octanol–water partition coefficient (Wildman–Crippen LogP) is 2.63. The van der Waals surface area contributed by atoms with E-state index in [0.717, 1.165) is 25.7 Å². The van der Waals surface area contributed by atoms with Crippen molar-refractivity contribution in [1.82, 2.24) is 9.80 Å². The number of carbonyl (C=O) groups is 3. The second-order valence-corrected chi connectivity index (χ2v) is 8.58. The Kier molecular flexibility index (Phi) is 5.40. The van der Waals surface area contributed by atoms with Crippen LogP contribution in [0.3, 0.4) is 0 Å². The van der Waals surface area contributed by atoms with Crippen LogP contribution in [0.15, 0.2) is 28.7 Å². The van der Waals surface area contributed by atoms with Crippen molar-refractivity contribution in [2.45, 2.75) is 38.1 Å². The molecule has 164 valence electrons. The van der Waals surface area contributed by atoms with Gasteiger partial charge in [0.1, 0.15) is 11.3 Å². The van der Waals surface area contributed by atoms with E-state index >= 15 is 0 Å². The molecule has 1 atom stereocenters. The third kappa shape index (κ3) is 3.80. The number of hydrogen-bond donors (Lipinski definition) is 1. The lowest BCUT2D eigenvalue weighted by molar-refractivity contribution is -0.129.